The molecule has 2 aromatic carbocycles. The zero-order chi connectivity index (χ0) is 23.9. The Labute approximate surface area is 175 Å². The van der Waals surface area contributed by atoms with E-state index >= 15 is 0 Å². The zero-order valence-corrected chi connectivity index (χ0v) is 15.5. The average molecular weight is 442 g/mol. The molecule has 1 aromatic heterocycles. The van der Waals surface area contributed by atoms with Crippen molar-refractivity contribution in [1.29, 1.82) is 0 Å². The van der Waals surface area contributed by atoms with Crippen molar-refractivity contribution >= 4 is 40.8 Å². The maximum Gasteiger partial charge on any atom is 0.343 e. The number of hydrogen-bond acceptors (Lipinski definition) is 7. The Balaban J connectivity index is 2.81. The van der Waals surface area contributed by atoms with Crippen LogP contribution >= 0.6 is 0 Å². The van der Waals surface area contributed by atoms with Crippen LogP contribution in [0.4, 0.5) is 0 Å². The first-order valence-electron chi connectivity index (χ1n) is 8.41. The SMILES string of the molecule is O=C(O)c1c(C(=O)O)c(C(=O)O)c2c(=O)c(C(=O)O)c(-c3ccccc3)oc2c1C(=O)O. The molecule has 0 aliphatic heterocycles. The van der Waals surface area contributed by atoms with Crippen LogP contribution in [0.3, 0.4) is 0 Å². The third-order valence-electron chi connectivity index (χ3n) is 4.44. The van der Waals surface area contributed by atoms with Gasteiger partial charge in [-0.2, -0.15) is 0 Å². The average Bonchev–Trinajstić information content (AvgIpc) is 2.71. The number of carboxylic acids is 5. The number of rotatable bonds is 6. The Morgan fingerprint density at radius 1 is 0.594 bits per heavy atom. The molecule has 0 atom stereocenters. The fourth-order valence-electron chi connectivity index (χ4n) is 3.26. The van der Waals surface area contributed by atoms with Crippen LogP contribution in [0, 0.1) is 0 Å². The molecule has 0 aliphatic carbocycles. The standard InChI is InChI=1S/C20H10O12/c21-13-10-8(17(24)25)7(16(22)23)9(18(26)27)11(19(28)29)15(10)32-14(12(13)20(30)31)6-4-2-1-3-5-6/h1-5H,(H,22,23)(H,24,25)(H,26,27)(H,28,29)(H,30,31). The van der Waals surface area contributed by atoms with Crippen molar-refractivity contribution in [2.45, 2.75) is 0 Å². The monoisotopic (exact) mass is 442 g/mol. The maximum atomic E-state index is 13.1. The first-order valence-corrected chi connectivity index (χ1v) is 8.41. The van der Waals surface area contributed by atoms with Crippen molar-refractivity contribution in [3.05, 3.63) is 68.4 Å². The summed E-state index contributed by atoms with van der Waals surface area (Å²) in [6, 6.07) is 7.01. The summed E-state index contributed by atoms with van der Waals surface area (Å²) in [6.45, 7) is 0. The first-order chi connectivity index (χ1) is 15.0. The topological polar surface area (TPSA) is 217 Å². The molecule has 0 saturated carbocycles. The molecule has 0 amide bonds. The third-order valence-corrected chi connectivity index (χ3v) is 4.44. The van der Waals surface area contributed by atoms with E-state index in [-0.39, 0.29) is 5.56 Å². The highest BCUT2D eigenvalue weighted by Gasteiger charge is 2.37. The second kappa shape index (κ2) is 7.68. The summed E-state index contributed by atoms with van der Waals surface area (Å²) in [5.41, 5.74) is -9.45. The van der Waals surface area contributed by atoms with E-state index in [0.717, 1.165) is 0 Å². The van der Waals surface area contributed by atoms with Crippen LogP contribution in [-0.4, -0.2) is 55.4 Å². The van der Waals surface area contributed by atoms with Crippen LogP contribution in [0.1, 0.15) is 51.8 Å². The summed E-state index contributed by atoms with van der Waals surface area (Å²) in [6.07, 6.45) is 0. The van der Waals surface area contributed by atoms with Gasteiger partial charge >= 0.3 is 29.8 Å². The second-order valence-electron chi connectivity index (χ2n) is 6.23. The van der Waals surface area contributed by atoms with Crippen LogP contribution in [-0.2, 0) is 0 Å². The molecule has 0 unspecified atom stereocenters. The van der Waals surface area contributed by atoms with E-state index in [9.17, 15) is 54.3 Å². The predicted octanol–water partition coefficient (Wildman–Crippen LogP) is 1.95. The van der Waals surface area contributed by atoms with Crippen LogP contribution < -0.4 is 5.43 Å². The highest BCUT2D eigenvalue weighted by molar-refractivity contribution is 6.22. The molecule has 5 N–H and O–H groups in total. The van der Waals surface area contributed by atoms with E-state index in [2.05, 4.69) is 0 Å². The molecule has 12 heteroatoms. The third kappa shape index (κ3) is 3.21. The molecule has 3 rings (SSSR count). The molecule has 0 spiro atoms. The molecular formula is C20H10O12. The molecule has 12 nitrogen and oxygen atoms in total. The number of fused-ring (bicyclic) bond motifs is 1. The minimum Gasteiger partial charge on any atom is -0.478 e. The molecule has 1 heterocycles. The van der Waals surface area contributed by atoms with E-state index in [1.807, 2.05) is 0 Å². The van der Waals surface area contributed by atoms with Gasteiger partial charge in [-0.05, 0) is 0 Å². The summed E-state index contributed by atoms with van der Waals surface area (Å²) < 4.78 is 5.35. The lowest BCUT2D eigenvalue weighted by Crippen LogP contribution is -2.25. The summed E-state index contributed by atoms with van der Waals surface area (Å²) in [7, 11) is 0. The van der Waals surface area contributed by atoms with Gasteiger partial charge in [-0.3, -0.25) is 4.79 Å². The number of benzene rings is 2. The van der Waals surface area contributed by atoms with Gasteiger partial charge in [0.2, 0.25) is 5.43 Å². The van der Waals surface area contributed by atoms with Gasteiger partial charge in [-0.1, -0.05) is 30.3 Å². The molecule has 0 fully saturated rings. The molecule has 0 radical (unpaired) electrons. The molecule has 32 heavy (non-hydrogen) atoms. The Morgan fingerprint density at radius 2 is 1.03 bits per heavy atom. The van der Waals surface area contributed by atoms with Gasteiger partial charge in [-0.15, -0.1) is 0 Å². The van der Waals surface area contributed by atoms with Gasteiger partial charge in [0.1, 0.15) is 5.56 Å². The normalized spacial score (nSPS) is 10.6. The Morgan fingerprint density at radius 3 is 1.47 bits per heavy atom. The number of carbonyl (C=O) groups is 5. The van der Waals surface area contributed by atoms with Crippen LogP contribution in [0.2, 0.25) is 0 Å². The molecule has 0 saturated heterocycles. The number of aromatic carboxylic acids is 5. The minimum absolute atomic E-state index is 0.0173. The predicted molar refractivity (Wildman–Crippen MR) is 103 cm³/mol. The Kier molecular flexibility index (Phi) is 5.21. The van der Waals surface area contributed by atoms with Crippen molar-refractivity contribution < 1.29 is 53.9 Å². The fraction of sp³-hybridized carbons (Fsp3) is 0. The Bertz CT molecular complexity index is 1410. The molecule has 0 bridgehead atoms. The fourth-order valence-corrected chi connectivity index (χ4v) is 3.26. The van der Waals surface area contributed by atoms with Gasteiger partial charge in [0.25, 0.3) is 0 Å². The van der Waals surface area contributed by atoms with Crippen molar-refractivity contribution in [2.24, 2.45) is 0 Å². The van der Waals surface area contributed by atoms with E-state index < -0.39 is 79.8 Å². The van der Waals surface area contributed by atoms with Crippen molar-refractivity contribution in [3.8, 4) is 11.3 Å². The van der Waals surface area contributed by atoms with Crippen LogP contribution in [0.25, 0.3) is 22.3 Å². The van der Waals surface area contributed by atoms with E-state index in [4.69, 9.17) is 4.42 Å². The quantitative estimate of drug-likeness (QED) is 0.370. The second-order valence-corrected chi connectivity index (χ2v) is 6.23. The van der Waals surface area contributed by atoms with Crippen molar-refractivity contribution in [1.82, 2.24) is 0 Å². The summed E-state index contributed by atoms with van der Waals surface area (Å²) >= 11 is 0. The van der Waals surface area contributed by atoms with Gasteiger partial charge in [0, 0.05) is 5.56 Å². The molecule has 162 valence electrons. The smallest absolute Gasteiger partial charge is 0.343 e. The summed E-state index contributed by atoms with van der Waals surface area (Å²) in [5.74, 6) is -11.0. The lowest BCUT2D eigenvalue weighted by Gasteiger charge is -2.15. The van der Waals surface area contributed by atoms with Gasteiger partial charge < -0.3 is 29.9 Å². The van der Waals surface area contributed by atoms with Crippen LogP contribution in [0.15, 0.2) is 39.5 Å². The van der Waals surface area contributed by atoms with Gasteiger partial charge in [0.05, 0.1) is 22.1 Å². The van der Waals surface area contributed by atoms with Crippen molar-refractivity contribution in [3.63, 3.8) is 0 Å². The first kappa shape index (κ1) is 21.7. The molecule has 0 aliphatic rings. The van der Waals surface area contributed by atoms with Gasteiger partial charge in [0.15, 0.2) is 16.9 Å². The minimum atomic E-state index is -2.16. The summed E-state index contributed by atoms with van der Waals surface area (Å²) in [4.78, 5) is 72.1. The largest absolute Gasteiger partial charge is 0.478 e. The lowest BCUT2D eigenvalue weighted by molar-refractivity contribution is 0.0620. The van der Waals surface area contributed by atoms with Gasteiger partial charge in [-0.25, -0.2) is 24.0 Å². The highest BCUT2D eigenvalue weighted by atomic mass is 16.4. The molecule has 3 aromatic rings. The lowest BCUT2D eigenvalue weighted by atomic mass is 9.90. The van der Waals surface area contributed by atoms with E-state index in [0.29, 0.717) is 0 Å². The van der Waals surface area contributed by atoms with Crippen LogP contribution in [0.5, 0.6) is 0 Å². The Hall–Kier alpha value is -5.00. The highest BCUT2D eigenvalue weighted by Crippen LogP contribution is 2.34. The van der Waals surface area contributed by atoms with E-state index in [1.165, 1.54) is 30.3 Å². The summed E-state index contributed by atoms with van der Waals surface area (Å²) in [5, 5.41) is 46.4. The zero-order valence-electron chi connectivity index (χ0n) is 15.5. The van der Waals surface area contributed by atoms with Crippen molar-refractivity contribution in [2.75, 3.05) is 0 Å². The number of carboxylic acid groups (broad SMARTS) is 5. The molecular weight excluding hydrogens is 432 g/mol. The number of hydrogen-bond donors (Lipinski definition) is 5. The van der Waals surface area contributed by atoms with E-state index in [1.54, 1.807) is 0 Å². The maximum absolute atomic E-state index is 13.1.